The van der Waals surface area contributed by atoms with E-state index in [0.29, 0.717) is 37.2 Å². The first kappa shape index (κ1) is 17.9. The second-order valence-corrected chi connectivity index (χ2v) is 6.89. The number of rotatable bonds is 5. The number of carboxylic acid groups (broad SMARTS) is 1. The fraction of sp³-hybridized carbons (Fsp3) is 0.150. The number of anilines is 3. The van der Waals surface area contributed by atoms with Gasteiger partial charge < -0.3 is 19.9 Å². The molecule has 30 heavy (non-hydrogen) atoms. The molecule has 3 N–H and O–H groups in total. The van der Waals surface area contributed by atoms with Crippen LogP contribution in [0.1, 0.15) is 16.3 Å². The first-order valence-electron chi connectivity index (χ1n) is 9.39. The summed E-state index contributed by atoms with van der Waals surface area (Å²) in [5, 5.41) is 19.2. The number of H-pyrrole nitrogens is 1. The summed E-state index contributed by atoms with van der Waals surface area (Å²) >= 11 is 0. The molecule has 4 heterocycles. The number of nitrogens with one attached hydrogen (secondary N) is 2. The van der Waals surface area contributed by atoms with Crippen LogP contribution in [-0.2, 0) is 13.1 Å². The second kappa shape index (κ2) is 7.32. The van der Waals surface area contributed by atoms with E-state index in [0.717, 1.165) is 16.8 Å². The van der Waals surface area contributed by atoms with Gasteiger partial charge in [-0.05, 0) is 23.8 Å². The molecule has 0 radical (unpaired) electrons. The van der Waals surface area contributed by atoms with E-state index < -0.39 is 5.97 Å². The largest absolute Gasteiger partial charge is 0.476 e. The third kappa shape index (κ3) is 3.46. The number of aromatic amines is 1. The number of hydrogen-bond acceptors (Lipinski definition) is 7. The molecule has 150 valence electrons. The number of benzene rings is 1. The number of carbonyl (C=O) groups is 1. The lowest BCUT2D eigenvalue weighted by Crippen LogP contribution is -2.34. The summed E-state index contributed by atoms with van der Waals surface area (Å²) in [5.41, 5.74) is 3.07. The van der Waals surface area contributed by atoms with Crippen molar-refractivity contribution in [3.8, 4) is 11.1 Å². The third-order valence-electron chi connectivity index (χ3n) is 4.94. The Morgan fingerprint density at radius 2 is 1.97 bits per heavy atom. The van der Waals surface area contributed by atoms with Gasteiger partial charge in [-0.1, -0.05) is 12.1 Å². The Labute approximate surface area is 171 Å². The van der Waals surface area contributed by atoms with Gasteiger partial charge in [-0.25, -0.2) is 14.8 Å². The molecule has 1 aliphatic rings. The SMILES string of the molecule is O=C(O)c1cn2c(n1)CN(c1nccc(Nc3ccc(-c4cn[nH]c4)cc3)n1)CC2. The molecule has 0 bridgehead atoms. The van der Waals surface area contributed by atoms with Crippen molar-refractivity contribution in [2.24, 2.45) is 0 Å². The molecule has 10 nitrogen and oxygen atoms in total. The number of nitrogens with zero attached hydrogens (tertiary/aromatic N) is 6. The Bertz CT molecular complexity index is 1180. The topological polar surface area (TPSA) is 125 Å². The maximum atomic E-state index is 11.1. The van der Waals surface area contributed by atoms with Crippen LogP contribution in [0.2, 0.25) is 0 Å². The smallest absolute Gasteiger partial charge is 0.356 e. The van der Waals surface area contributed by atoms with Crippen molar-refractivity contribution in [1.29, 1.82) is 0 Å². The van der Waals surface area contributed by atoms with E-state index in [2.05, 4.69) is 30.5 Å². The van der Waals surface area contributed by atoms with Crippen LogP contribution in [0.4, 0.5) is 17.5 Å². The Morgan fingerprint density at radius 1 is 1.10 bits per heavy atom. The van der Waals surface area contributed by atoms with Crippen LogP contribution in [0.15, 0.2) is 55.1 Å². The second-order valence-electron chi connectivity index (χ2n) is 6.89. The molecule has 5 rings (SSSR count). The van der Waals surface area contributed by atoms with Crippen LogP contribution in [0.25, 0.3) is 11.1 Å². The Hall–Kier alpha value is -4.21. The zero-order valence-electron chi connectivity index (χ0n) is 15.9. The van der Waals surface area contributed by atoms with Crippen LogP contribution in [0.3, 0.4) is 0 Å². The van der Waals surface area contributed by atoms with E-state index in [-0.39, 0.29) is 5.69 Å². The minimum atomic E-state index is -1.02. The standard InChI is InChI=1S/C20H18N8O2/c29-19(30)16-11-27-7-8-28(12-18(27)25-16)20-21-6-5-17(26-20)24-15-3-1-13(2-4-15)14-9-22-23-10-14/h1-6,9-11H,7-8,12H2,(H,22,23)(H,29,30)(H,21,24,26). The maximum absolute atomic E-state index is 11.1. The monoisotopic (exact) mass is 402 g/mol. The van der Waals surface area contributed by atoms with E-state index in [4.69, 9.17) is 5.11 Å². The fourth-order valence-corrected chi connectivity index (χ4v) is 3.40. The van der Waals surface area contributed by atoms with Crippen molar-refractivity contribution in [1.82, 2.24) is 29.7 Å². The highest BCUT2D eigenvalue weighted by atomic mass is 16.4. The predicted octanol–water partition coefficient (Wildman–Crippen LogP) is 2.53. The zero-order chi connectivity index (χ0) is 20.5. The molecule has 1 aliphatic heterocycles. The number of imidazole rings is 1. The van der Waals surface area contributed by atoms with Gasteiger partial charge in [0.1, 0.15) is 11.6 Å². The molecular weight excluding hydrogens is 384 g/mol. The number of aromatic carboxylic acids is 1. The minimum Gasteiger partial charge on any atom is -0.476 e. The first-order chi connectivity index (χ1) is 14.7. The molecule has 0 aliphatic carbocycles. The molecule has 0 amide bonds. The zero-order valence-corrected chi connectivity index (χ0v) is 15.9. The lowest BCUT2D eigenvalue weighted by Gasteiger charge is -2.27. The Balaban J connectivity index is 1.31. The molecule has 1 aromatic carbocycles. The van der Waals surface area contributed by atoms with Crippen molar-refractivity contribution in [3.05, 3.63) is 66.6 Å². The van der Waals surface area contributed by atoms with Gasteiger partial charge in [-0.15, -0.1) is 0 Å². The van der Waals surface area contributed by atoms with E-state index >= 15 is 0 Å². The quantitative estimate of drug-likeness (QED) is 0.465. The van der Waals surface area contributed by atoms with Crippen molar-refractivity contribution in [3.63, 3.8) is 0 Å². The number of hydrogen-bond donors (Lipinski definition) is 3. The first-order valence-corrected chi connectivity index (χ1v) is 9.39. The number of aromatic nitrogens is 6. The van der Waals surface area contributed by atoms with Crippen LogP contribution < -0.4 is 10.2 Å². The summed E-state index contributed by atoms with van der Waals surface area (Å²) in [6, 6.07) is 9.80. The lowest BCUT2D eigenvalue weighted by atomic mass is 10.1. The molecule has 3 aromatic heterocycles. The number of carboxylic acids is 1. The lowest BCUT2D eigenvalue weighted by molar-refractivity contribution is 0.0691. The van der Waals surface area contributed by atoms with Crippen molar-refractivity contribution >= 4 is 23.4 Å². The fourth-order valence-electron chi connectivity index (χ4n) is 3.40. The molecule has 0 atom stereocenters. The van der Waals surface area contributed by atoms with Gasteiger partial charge in [0.05, 0.1) is 12.7 Å². The van der Waals surface area contributed by atoms with Gasteiger partial charge in [0.15, 0.2) is 5.69 Å². The van der Waals surface area contributed by atoms with Gasteiger partial charge in [-0.2, -0.15) is 10.1 Å². The van der Waals surface area contributed by atoms with Gasteiger partial charge in [-0.3, -0.25) is 5.10 Å². The van der Waals surface area contributed by atoms with Crippen LogP contribution in [-0.4, -0.2) is 47.3 Å². The average molecular weight is 402 g/mol. The van der Waals surface area contributed by atoms with Crippen LogP contribution in [0, 0.1) is 0 Å². The average Bonchev–Trinajstić information content (AvgIpc) is 3.44. The van der Waals surface area contributed by atoms with Gasteiger partial charge in [0.2, 0.25) is 5.95 Å². The Morgan fingerprint density at radius 3 is 2.73 bits per heavy atom. The molecule has 0 fully saturated rings. The van der Waals surface area contributed by atoms with E-state index in [9.17, 15) is 4.79 Å². The maximum Gasteiger partial charge on any atom is 0.356 e. The van der Waals surface area contributed by atoms with E-state index in [1.165, 1.54) is 0 Å². The van der Waals surface area contributed by atoms with Crippen LogP contribution >= 0.6 is 0 Å². The van der Waals surface area contributed by atoms with E-state index in [1.807, 2.05) is 39.9 Å². The molecule has 0 saturated carbocycles. The summed E-state index contributed by atoms with van der Waals surface area (Å²) < 4.78 is 1.86. The van der Waals surface area contributed by atoms with Crippen molar-refractivity contribution in [2.45, 2.75) is 13.1 Å². The normalized spacial score (nSPS) is 13.1. The molecule has 0 unspecified atom stereocenters. The van der Waals surface area contributed by atoms with E-state index in [1.54, 1.807) is 24.7 Å². The predicted molar refractivity (Wildman–Crippen MR) is 110 cm³/mol. The summed E-state index contributed by atoms with van der Waals surface area (Å²) in [6.45, 7) is 1.76. The summed E-state index contributed by atoms with van der Waals surface area (Å²) in [7, 11) is 0. The highest BCUT2D eigenvalue weighted by Crippen LogP contribution is 2.23. The van der Waals surface area contributed by atoms with Gasteiger partial charge in [0, 0.05) is 42.9 Å². The van der Waals surface area contributed by atoms with Crippen molar-refractivity contribution < 1.29 is 9.90 Å². The van der Waals surface area contributed by atoms with Gasteiger partial charge in [0.25, 0.3) is 0 Å². The summed E-state index contributed by atoms with van der Waals surface area (Å²) in [4.78, 5) is 26.3. The summed E-state index contributed by atoms with van der Waals surface area (Å²) in [6.07, 6.45) is 6.90. The molecule has 10 heteroatoms. The summed E-state index contributed by atoms with van der Waals surface area (Å²) in [5.74, 6) is 0.914. The van der Waals surface area contributed by atoms with Gasteiger partial charge >= 0.3 is 5.97 Å². The Kier molecular flexibility index (Phi) is 4.36. The highest BCUT2D eigenvalue weighted by molar-refractivity contribution is 5.85. The number of fused-ring (bicyclic) bond motifs is 1. The molecule has 0 spiro atoms. The van der Waals surface area contributed by atoms with Crippen LogP contribution in [0.5, 0.6) is 0 Å². The third-order valence-corrected chi connectivity index (χ3v) is 4.94. The van der Waals surface area contributed by atoms with Crippen molar-refractivity contribution in [2.75, 3.05) is 16.8 Å². The molecular formula is C20H18N8O2. The highest BCUT2D eigenvalue weighted by Gasteiger charge is 2.22. The molecule has 4 aromatic rings. The molecule has 0 saturated heterocycles. The minimum absolute atomic E-state index is 0.0575.